The largest absolute Gasteiger partial charge is 0.382 e. The topological polar surface area (TPSA) is 170 Å². The molecular weight excluding hydrogens is 477 g/mol. The molecule has 1 aromatic carbocycles. The first-order valence-corrected chi connectivity index (χ1v) is 10.9. The molecule has 0 aliphatic carbocycles. The number of halogens is 1. The van der Waals surface area contributed by atoms with E-state index >= 15 is 0 Å². The van der Waals surface area contributed by atoms with Crippen molar-refractivity contribution >= 4 is 51.4 Å². The average molecular weight is 495 g/mol. The number of anilines is 4. The molecular formula is C22H18FN7O4S. The number of nitrogens with one attached hydrogen (secondary N) is 1. The molecule has 4 rings (SSSR count). The molecule has 0 aliphatic heterocycles. The van der Waals surface area contributed by atoms with Crippen molar-refractivity contribution in [3.63, 3.8) is 0 Å². The second-order valence-electron chi connectivity index (χ2n) is 7.21. The normalized spacial score (nSPS) is 11.6. The van der Waals surface area contributed by atoms with Gasteiger partial charge in [0.05, 0.1) is 0 Å². The number of hydrogen-bond donors (Lipinski definition) is 3. The van der Waals surface area contributed by atoms with E-state index in [1.807, 2.05) is 0 Å². The van der Waals surface area contributed by atoms with E-state index in [1.165, 1.54) is 48.4 Å². The zero-order valence-electron chi connectivity index (χ0n) is 18.1. The van der Waals surface area contributed by atoms with Crippen LogP contribution in [-0.4, -0.2) is 38.8 Å². The van der Waals surface area contributed by atoms with E-state index in [0.29, 0.717) is 11.5 Å². The highest BCUT2D eigenvalue weighted by molar-refractivity contribution is 7.18. The molecule has 3 aromatic heterocycles. The lowest BCUT2D eigenvalue weighted by Gasteiger charge is -2.26. The third-order valence-electron chi connectivity index (χ3n) is 4.83. The molecule has 0 bridgehead atoms. The molecule has 13 heteroatoms. The number of pyridine rings is 1. The molecule has 5 N–H and O–H groups in total. The Bertz CT molecular complexity index is 1390. The molecule has 2 amide bonds. The van der Waals surface area contributed by atoms with Gasteiger partial charge in [-0.3, -0.25) is 14.4 Å². The van der Waals surface area contributed by atoms with E-state index in [-0.39, 0.29) is 27.3 Å². The molecule has 0 aliphatic rings. The third kappa shape index (κ3) is 4.99. The quantitative estimate of drug-likeness (QED) is 0.311. The Kier molecular flexibility index (Phi) is 6.51. The fourth-order valence-corrected chi connectivity index (χ4v) is 4.06. The van der Waals surface area contributed by atoms with Crippen molar-refractivity contribution in [1.29, 1.82) is 0 Å². The minimum Gasteiger partial charge on any atom is -0.382 e. The summed E-state index contributed by atoms with van der Waals surface area (Å²) in [6.07, 6.45) is 1.51. The van der Waals surface area contributed by atoms with Crippen LogP contribution in [0.4, 0.5) is 26.8 Å². The Morgan fingerprint density at radius 1 is 1.17 bits per heavy atom. The van der Waals surface area contributed by atoms with Gasteiger partial charge < -0.3 is 26.2 Å². The molecule has 178 valence electrons. The van der Waals surface area contributed by atoms with Crippen molar-refractivity contribution in [2.24, 2.45) is 5.73 Å². The first-order chi connectivity index (χ1) is 16.7. The Labute approximate surface area is 201 Å². The van der Waals surface area contributed by atoms with Gasteiger partial charge in [0.15, 0.2) is 10.8 Å². The first kappa shape index (κ1) is 23.5. The van der Waals surface area contributed by atoms with Crippen molar-refractivity contribution in [2.45, 2.75) is 13.0 Å². The van der Waals surface area contributed by atoms with E-state index in [1.54, 1.807) is 18.2 Å². The van der Waals surface area contributed by atoms with Crippen LogP contribution in [0.2, 0.25) is 0 Å². The zero-order chi connectivity index (χ0) is 25.1. The van der Waals surface area contributed by atoms with Crippen LogP contribution in [0.3, 0.4) is 0 Å². The molecule has 4 aromatic rings. The summed E-state index contributed by atoms with van der Waals surface area (Å²) in [7, 11) is 0. The maximum Gasteiger partial charge on any atom is 0.279 e. The SMILES string of the molecule is C[C@H](C(N)=O)N(c1ccc(F)cc1)c1nc(N)c(C(=O)c2cc(C(=O)Nc3ccccn3)no2)s1. The number of hydrogen-bond acceptors (Lipinski definition) is 10. The van der Waals surface area contributed by atoms with Crippen molar-refractivity contribution in [3.8, 4) is 0 Å². The fourth-order valence-electron chi connectivity index (χ4n) is 3.03. The Balaban J connectivity index is 1.61. The Morgan fingerprint density at radius 2 is 1.91 bits per heavy atom. The van der Waals surface area contributed by atoms with Gasteiger partial charge in [-0.25, -0.2) is 14.4 Å². The Hall–Kier alpha value is -4.65. The van der Waals surface area contributed by atoms with Crippen molar-refractivity contribution in [1.82, 2.24) is 15.1 Å². The number of carbonyl (C=O) groups is 3. The highest BCUT2D eigenvalue weighted by atomic mass is 32.1. The summed E-state index contributed by atoms with van der Waals surface area (Å²) >= 11 is 0.876. The number of aromatic nitrogens is 3. The smallest absolute Gasteiger partial charge is 0.279 e. The van der Waals surface area contributed by atoms with Crippen LogP contribution in [0.5, 0.6) is 0 Å². The lowest BCUT2D eigenvalue weighted by molar-refractivity contribution is -0.118. The number of rotatable bonds is 8. The second-order valence-corrected chi connectivity index (χ2v) is 8.19. The van der Waals surface area contributed by atoms with Gasteiger partial charge in [0.1, 0.15) is 28.4 Å². The molecule has 0 fully saturated rings. The number of nitrogens with zero attached hydrogens (tertiary/aromatic N) is 4. The van der Waals surface area contributed by atoms with E-state index in [4.69, 9.17) is 16.0 Å². The number of benzene rings is 1. The minimum atomic E-state index is -0.888. The number of ketones is 1. The second kappa shape index (κ2) is 9.69. The van der Waals surface area contributed by atoms with E-state index < -0.39 is 29.5 Å². The van der Waals surface area contributed by atoms with Gasteiger partial charge in [-0.1, -0.05) is 22.6 Å². The molecule has 11 nitrogen and oxygen atoms in total. The number of thiazole rings is 1. The Morgan fingerprint density at radius 3 is 2.57 bits per heavy atom. The van der Waals surface area contributed by atoms with Gasteiger partial charge >= 0.3 is 0 Å². The maximum atomic E-state index is 13.4. The number of primary amides is 1. The molecule has 0 saturated carbocycles. The van der Waals surface area contributed by atoms with Crippen LogP contribution in [0.25, 0.3) is 0 Å². The molecule has 1 atom stereocenters. The summed E-state index contributed by atoms with van der Waals surface area (Å²) in [5, 5.41) is 6.35. The summed E-state index contributed by atoms with van der Waals surface area (Å²) in [6, 6.07) is 10.6. The number of nitrogen functional groups attached to an aromatic ring is 1. The monoisotopic (exact) mass is 495 g/mol. The summed E-state index contributed by atoms with van der Waals surface area (Å²) in [4.78, 5) is 46.9. The minimum absolute atomic E-state index is 0.00313. The molecule has 3 heterocycles. The van der Waals surface area contributed by atoms with Crippen molar-refractivity contribution in [3.05, 3.63) is 76.9 Å². The highest BCUT2D eigenvalue weighted by Crippen LogP contribution is 2.36. The number of nitrogens with two attached hydrogens (primary N) is 2. The molecule has 0 radical (unpaired) electrons. The highest BCUT2D eigenvalue weighted by Gasteiger charge is 2.29. The molecule has 35 heavy (non-hydrogen) atoms. The third-order valence-corrected chi connectivity index (χ3v) is 5.90. The summed E-state index contributed by atoms with van der Waals surface area (Å²) < 4.78 is 18.5. The van der Waals surface area contributed by atoms with Gasteiger partial charge in [-0.05, 0) is 43.3 Å². The lowest BCUT2D eigenvalue weighted by atomic mass is 10.2. The van der Waals surface area contributed by atoms with Crippen LogP contribution in [-0.2, 0) is 4.79 Å². The van der Waals surface area contributed by atoms with Crippen LogP contribution in [0.15, 0.2) is 59.3 Å². The zero-order valence-corrected chi connectivity index (χ0v) is 19.0. The van der Waals surface area contributed by atoms with Crippen molar-refractivity contribution in [2.75, 3.05) is 16.0 Å². The van der Waals surface area contributed by atoms with Crippen molar-refractivity contribution < 1.29 is 23.3 Å². The standard InChI is InChI=1S/C22H18FN7O4S/c1-11(20(25)32)30(13-7-5-12(23)6-8-13)22-28-19(24)18(35-22)17(31)15-10-14(29-34-15)21(33)27-16-4-2-3-9-26-16/h2-11H,24H2,1H3,(H2,25,32)(H,26,27,33)/t11-/m1/s1. The van der Waals surface area contributed by atoms with Crippen LogP contribution >= 0.6 is 11.3 Å². The van der Waals surface area contributed by atoms with Crippen LogP contribution < -0.4 is 21.7 Å². The van der Waals surface area contributed by atoms with Gasteiger partial charge in [0.2, 0.25) is 17.5 Å². The van der Waals surface area contributed by atoms with Gasteiger partial charge in [0, 0.05) is 18.0 Å². The number of amides is 2. The van der Waals surface area contributed by atoms with Crippen LogP contribution in [0, 0.1) is 5.82 Å². The predicted molar refractivity (Wildman–Crippen MR) is 126 cm³/mol. The fraction of sp³-hybridized carbons (Fsp3) is 0.0909. The van der Waals surface area contributed by atoms with E-state index in [9.17, 15) is 18.8 Å². The average Bonchev–Trinajstić information content (AvgIpc) is 3.48. The first-order valence-electron chi connectivity index (χ1n) is 10.1. The summed E-state index contributed by atoms with van der Waals surface area (Å²) in [5.74, 6) is -2.50. The van der Waals surface area contributed by atoms with Gasteiger partial charge in [-0.2, -0.15) is 0 Å². The van der Waals surface area contributed by atoms with Gasteiger partial charge in [0.25, 0.3) is 5.91 Å². The molecule has 0 unspecified atom stereocenters. The van der Waals surface area contributed by atoms with Crippen LogP contribution in [0.1, 0.15) is 32.8 Å². The van der Waals surface area contributed by atoms with E-state index in [2.05, 4.69) is 20.4 Å². The van der Waals surface area contributed by atoms with E-state index in [0.717, 1.165) is 11.3 Å². The number of carbonyl (C=O) groups excluding carboxylic acids is 3. The molecule has 0 saturated heterocycles. The summed E-state index contributed by atoms with van der Waals surface area (Å²) in [5.41, 5.74) is 11.7. The predicted octanol–water partition coefficient (Wildman–Crippen LogP) is 2.74. The lowest BCUT2D eigenvalue weighted by Crippen LogP contribution is -2.39. The summed E-state index contributed by atoms with van der Waals surface area (Å²) in [6.45, 7) is 1.54. The van der Waals surface area contributed by atoms with Gasteiger partial charge in [-0.15, -0.1) is 0 Å². The maximum absolute atomic E-state index is 13.4. The molecule has 0 spiro atoms.